The highest BCUT2D eigenvalue weighted by Crippen LogP contribution is 2.37. The molecule has 10 heteroatoms. The summed E-state index contributed by atoms with van der Waals surface area (Å²) in [5.41, 5.74) is 6.36. The Bertz CT molecular complexity index is 1140. The number of ether oxygens (including phenoxy) is 2. The average molecular weight is 449 g/mol. The summed E-state index contributed by atoms with van der Waals surface area (Å²) in [6.45, 7) is 2.49. The number of primary amides is 1. The number of nitrogens with zero attached hydrogens (tertiary/aromatic N) is 1. The lowest BCUT2D eigenvalue weighted by Crippen LogP contribution is -2.28. The number of amides is 1. The van der Waals surface area contributed by atoms with Crippen molar-refractivity contribution in [2.75, 3.05) is 19.0 Å². The van der Waals surface area contributed by atoms with Gasteiger partial charge < -0.3 is 25.8 Å². The van der Waals surface area contributed by atoms with Crippen molar-refractivity contribution in [3.63, 3.8) is 0 Å². The van der Waals surface area contributed by atoms with Gasteiger partial charge in [-0.3, -0.25) is 9.78 Å². The van der Waals surface area contributed by atoms with E-state index in [0.29, 0.717) is 28.2 Å². The van der Waals surface area contributed by atoms with Gasteiger partial charge in [0.1, 0.15) is 16.5 Å². The number of nitrogens with two attached hydrogens (primary N) is 1. The van der Waals surface area contributed by atoms with Gasteiger partial charge in [0.25, 0.3) is 5.91 Å². The Labute approximate surface area is 182 Å². The highest BCUT2D eigenvalue weighted by atomic mass is 35.5. The SMILES string of the molecule is CCNC(=S)Nc1ccc(Oc2ccnc3cc(OC)c(C(N)=O)cc23)c(F)c1Cl. The zero-order valence-corrected chi connectivity index (χ0v) is 17.7. The molecule has 1 amide bonds. The maximum atomic E-state index is 14.8. The summed E-state index contributed by atoms with van der Waals surface area (Å²) in [5, 5.41) is 6.32. The topological polar surface area (TPSA) is 98.5 Å². The number of hydrogen-bond acceptors (Lipinski definition) is 5. The number of hydrogen-bond donors (Lipinski definition) is 3. The molecule has 0 saturated carbocycles. The van der Waals surface area contributed by atoms with Gasteiger partial charge in [-0.15, -0.1) is 0 Å². The maximum Gasteiger partial charge on any atom is 0.252 e. The van der Waals surface area contributed by atoms with Crippen LogP contribution in [0.4, 0.5) is 10.1 Å². The molecule has 156 valence electrons. The number of aromatic nitrogens is 1. The number of carbonyl (C=O) groups is 1. The molecule has 0 atom stereocenters. The maximum absolute atomic E-state index is 14.8. The number of halogens is 2. The van der Waals surface area contributed by atoms with Crippen LogP contribution in [-0.2, 0) is 0 Å². The van der Waals surface area contributed by atoms with E-state index in [9.17, 15) is 9.18 Å². The summed E-state index contributed by atoms with van der Waals surface area (Å²) in [4.78, 5) is 16.0. The van der Waals surface area contributed by atoms with Gasteiger partial charge in [0.2, 0.25) is 0 Å². The number of pyridine rings is 1. The summed E-state index contributed by atoms with van der Waals surface area (Å²) in [6.07, 6.45) is 1.49. The van der Waals surface area contributed by atoms with Crippen LogP contribution in [0.5, 0.6) is 17.2 Å². The third-order valence-corrected chi connectivity index (χ3v) is 4.76. The van der Waals surface area contributed by atoms with Gasteiger partial charge in [-0.25, -0.2) is 4.39 Å². The molecule has 0 unspecified atom stereocenters. The lowest BCUT2D eigenvalue weighted by atomic mass is 10.1. The quantitative estimate of drug-likeness (QED) is 0.485. The molecule has 0 radical (unpaired) electrons. The molecule has 0 fully saturated rings. The van der Waals surface area contributed by atoms with Crippen molar-refractivity contribution >= 4 is 51.4 Å². The number of thiocarbonyl (C=S) groups is 1. The molecule has 0 bridgehead atoms. The molecule has 0 saturated heterocycles. The highest BCUT2D eigenvalue weighted by molar-refractivity contribution is 7.80. The molecule has 7 nitrogen and oxygen atoms in total. The van der Waals surface area contributed by atoms with Crippen molar-refractivity contribution < 1.29 is 18.7 Å². The standard InChI is InChI=1S/C20H18ClFN4O3S/c1-3-24-20(30)26-12-4-5-15(18(22)17(12)21)29-14-6-7-25-13-9-16(28-2)11(19(23)27)8-10(13)14/h4-9H,3H2,1-2H3,(H2,23,27)(H2,24,26,30). The van der Waals surface area contributed by atoms with Crippen LogP contribution in [0.2, 0.25) is 5.02 Å². The Morgan fingerprint density at radius 3 is 2.70 bits per heavy atom. The molecule has 0 spiro atoms. The third kappa shape index (κ3) is 4.37. The largest absolute Gasteiger partial charge is 0.496 e. The fourth-order valence-electron chi connectivity index (χ4n) is 2.75. The molecular formula is C20H18ClFN4O3S. The molecule has 1 aromatic heterocycles. The second-order valence-corrected chi connectivity index (χ2v) is 6.85. The molecule has 30 heavy (non-hydrogen) atoms. The van der Waals surface area contributed by atoms with E-state index in [-0.39, 0.29) is 27.8 Å². The molecule has 1 heterocycles. The molecular weight excluding hydrogens is 431 g/mol. The van der Waals surface area contributed by atoms with Crippen molar-refractivity contribution in [3.05, 3.63) is 52.9 Å². The monoisotopic (exact) mass is 448 g/mol. The minimum atomic E-state index is -0.769. The number of carbonyl (C=O) groups excluding carboxylic acids is 1. The van der Waals surface area contributed by atoms with Crippen LogP contribution in [0.25, 0.3) is 10.9 Å². The van der Waals surface area contributed by atoms with Crippen LogP contribution in [0, 0.1) is 5.82 Å². The van der Waals surface area contributed by atoms with E-state index in [1.165, 1.54) is 25.4 Å². The van der Waals surface area contributed by atoms with Crippen molar-refractivity contribution in [2.45, 2.75) is 6.92 Å². The number of methoxy groups -OCH3 is 1. The van der Waals surface area contributed by atoms with E-state index >= 15 is 0 Å². The van der Waals surface area contributed by atoms with E-state index in [4.69, 9.17) is 39.0 Å². The first-order valence-corrected chi connectivity index (χ1v) is 9.61. The van der Waals surface area contributed by atoms with Crippen LogP contribution in [-0.4, -0.2) is 29.7 Å². The zero-order chi connectivity index (χ0) is 21.8. The predicted octanol–water partition coefficient (Wildman–Crippen LogP) is 4.23. The van der Waals surface area contributed by atoms with Crippen LogP contribution in [0.1, 0.15) is 17.3 Å². The lowest BCUT2D eigenvalue weighted by molar-refractivity contribution is 0.0997. The molecule has 0 aliphatic carbocycles. The van der Waals surface area contributed by atoms with Gasteiger partial charge in [-0.05, 0) is 43.4 Å². The van der Waals surface area contributed by atoms with E-state index in [1.807, 2.05) is 6.92 Å². The lowest BCUT2D eigenvalue weighted by Gasteiger charge is -2.15. The van der Waals surface area contributed by atoms with Crippen LogP contribution in [0.3, 0.4) is 0 Å². The Balaban J connectivity index is 2.00. The summed E-state index contributed by atoms with van der Waals surface area (Å²) in [5.74, 6) is -1.01. The number of benzene rings is 2. The number of nitrogens with one attached hydrogen (secondary N) is 2. The van der Waals surface area contributed by atoms with Crippen LogP contribution < -0.4 is 25.8 Å². The second-order valence-electron chi connectivity index (χ2n) is 6.07. The summed E-state index contributed by atoms with van der Waals surface area (Å²) in [7, 11) is 1.42. The first-order valence-electron chi connectivity index (χ1n) is 8.83. The molecule has 3 rings (SSSR count). The van der Waals surface area contributed by atoms with Gasteiger partial charge >= 0.3 is 0 Å². The predicted molar refractivity (Wildman–Crippen MR) is 118 cm³/mol. The van der Waals surface area contributed by atoms with Crippen LogP contribution in [0.15, 0.2) is 36.5 Å². The Hall–Kier alpha value is -3.17. The van der Waals surface area contributed by atoms with E-state index in [1.54, 1.807) is 18.2 Å². The number of anilines is 1. The van der Waals surface area contributed by atoms with Gasteiger partial charge in [0.05, 0.1) is 23.9 Å². The van der Waals surface area contributed by atoms with Crippen molar-refractivity contribution in [1.82, 2.24) is 10.3 Å². The van der Waals surface area contributed by atoms with E-state index < -0.39 is 11.7 Å². The third-order valence-electron chi connectivity index (χ3n) is 4.14. The molecule has 4 N–H and O–H groups in total. The summed E-state index contributed by atoms with van der Waals surface area (Å²) in [6, 6.07) is 7.55. The minimum Gasteiger partial charge on any atom is -0.496 e. The van der Waals surface area contributed by atoms with Crippen LogP contribution >= 0.6 is 23.8 Å². The Morgan fingerprint density at radius 1 is 1.27 bits per heavy atom. The van der Waals surface area contributed by atoms with Gasteiger partial charge in [0.15, 0.2) is 16.7 Å². The molecule has 0 aliphatic rings. The van der Waals surface area contributed by atoms with Crippen molar-refractivity contribution in [3.8, 4) is 17.2 Å². The van der Waals surface area contributed by atoms with E-state index in [0.717, 1.165) is 0 Å². The first-order chi connectivity index (χ1) is 14.3. The van der Waals surface area contributed by atoms with Crippen molar-refractivity contribution in [2.24, 2.45) is 5.73 Å². The Kier molecular flexibility index (Phi) is 6.53. The average Bonchev–Trinajstić information content (AvgIpc) is 2.72. The van der Waals surface area contributed by atoms with E-state index in [2.05, 4.69) is 15.6 Å². The fourth-order valence-corrected chi connectivity index (χ4v) is 3.21. The summed E-state index contributed by atoms with van der Waals surface area (Å²) >= 11 is 11.2. The van der Waals surface area contributed by atoms with Gasteiger partial charge in [0, 0.05) is 24.2 Å². The zero-order valence-electron chi connectivity index (χ0n) is 16.1. The minimum absolute atomic E-state index is 0.108. The Morgan fingerprint density at radius 2 is 2.03 bits per heavy atom. The first kappa shape index (κ1) is 21.5. The second kappa shape index (κ2) is 9.10. The smallest absolute Gasteiger partial charge is 0.252 e. The van der Waals surface area contributed by atoms with Gasteiger partial charge in [-0.2, -0.15) is 0 Å². The molecule has 0 aliphatic heterocycles. The fraction of sp³-hybridized carbons (Fsp3) is 0.150. The molecule has 3 aromatic rings. The normalized spacial score (nSPS) is 10.5. The van der Waals surface area contributed by atoms with Gasteiger partial charge in [-0.1, -0.05) is 11.6 Å². The summed E-state index contributed by atoms with van der Waals surface area (Å²) < 4.78 is 25.8. The number of fused-ring (bicyclic) bond motifs is 1. The molecule has 2 aromatic carbocycles. The highest BCUT2D eigenvalue weighted by Gasteiger charge is 2.18. The van der Waals surface area contributed by atoms with Crippen molar-refractivity contribution in [1.29, 1.82) is 0 Å². The number of rotatable bonds is 6.